The highest BCUT2D eigenvalue weighted by Gasteiger charge is 2.36. The van der Waals surface area contributed by atoms with Gasteiger partial charge in [-0.1, -0.05) is 36.5 Å². The normalized spacial score (nSPS) is 12.7. The van der Waals surface area contributed by atoms with E-state index < -0.39 is 28.8 Å². The molecule has 200 valence electrons. The van der Waals surface area contributed by atoms with Crippen molar-refractivity contribution in [1.82, 2.24) is 10.2 Å². The SMILES string of the molecule is CCCCN(CCCO)Cc1c(Cl)cc(C(=O)NCc2cc(Cl)ccc2[S+]([O-])CC)cc1C(F)(F)F. The summed E-state index contributed by atoms with van der Waals surface area (Å²) in [5, 5.41) is 12.0. The average molecular weight is 568 g/mol. The molecule has 0 bridgehead atoms. The first-order valence-electron chi connectivity index (χ1n) is 11.7. The van der Waals surface area contributed by atoms with Crippen LogP contribution in [-0.2, 0) is 30.4 Å². The highest BCUT2D eigenvalue weighted by Crippen LogP contribution is 2.37. The van der Waals surface area contributed by atoms with Crippen LogP contribution in [0.15, 0.2) is 35.2 Å². The van der Waals surface area contributed by atoms with Crippen molar-refractivity contribution in [3.8, 4) is 0 Å². The number of alkyl halides is 3. The highest BCUT2D eigenvalue weighted by molar-refractivity contribution is 7.91. The summed E-state index contributed by atoms with van der Waals surface area (Å²) >= 11 is 11.0. The van der Waals surface area contributed by atoms with Crippen molar-refractivity contribution in [2.45, 2.75) is 57.3 Å². The number of benzene rings is 2. The van der Waals surface area contributed by atoms with Crippen molar-refractivity contribution in [2.24, 2.45) is 0 Å². The molecule has 0 aliphatic heterocycles. The molecule has 0 fully saturated rings. The Labute approximate surface area is 223 Å². The van der Waals surface area contributed by atoms with Gasteiger partial charge in [-0.2, -0.15) is 13.2 Å². The first-order valence-corrected chi connectivity index (χ1v) is 13.8. The molecule has 0 spiro atoms. The quantitative estimate of drug-likeness (QED) is 0.289. The Morgan fingerprint density at radius 1 is 1.14 bits per heavy atom. The predicted molar refractivity (Wildman–Crippen MR) is 138 cm³/mol. The standard InChI is InChI=1S/C25H31Cl2F3N2O3S/c1-3-5-9-32(10-6-11-33)16-20-21(25(28,29)30)13-17(14-22(20)27)24(34)31-15-18-12-19(26)7-8-23(18)36(35)4-2/h7-8,12-14,33H,3-6,9-11,15-16H2,1-2H3,(H,31,34). The molecule has 0 aliphatic rings. The van der Waals surface area contributed by atoms with Crippen molar-refractivity contribution in [3.63, 3.8) is 0 Å². The molecule has 0 aliphatic carbocycles. The average Bonchev–Trinajstić information content (AvgIpc) is 2.83. The van der Waals surface area contributed by atoms with Crippen LogP contribution in [0.2, 0.25) is 10.0 Å². The molecule has 2 aromatic carbocycles. The minimum absolute atomic E-state index is 0.0513. The molecule has 2 rings (SSSR count). The van der Waals surface area contributed by atoms with E-state index in [9.17, 15) is 22.5 Å². The van der Waals surface area contributed by atoms with Crippen LogP contribution in [0.5, 0.6) is 0 Å². The Morgan fingerprint density at radius 2 is 1.83 bits per heavy atom. The Balaban J connectivity index is 2.32. The van der Waals surface area contributed by atoms with E-state index in [2.05, 4.69) is 5.32 Å². The van der Waals surface area contributed by atoms with Crippen LogP contribution in [0.4, 0.5) is 13.2 Å². The maximum Gasteiger partial charge on any atom is 0.416 e. The largest absolute Gasteiger partial charge is 0.611 e. The molecule has 0 radical (unpaired) electrons. The van der Waals surface area contributed by atoms with Crippen molar-refractivity contribution < 1.29 is 27.6 Å². The summed E-state index contributed by atoms with van der Waals surface area (Å²) in [5.74, 6) is -0.382. The molecular formula is C25H31Cl2F3N2O3S. The summed E-state index contributed by atoms with van der Waals surface area (Å²) in [4.78, 5) is 15.1. The van der Waals surface area contributed by atoms with E-state index in [1.54, 1.807) is 25.1 Å². The van der Waals surface area contributed by atoms with Crippen molar-refractivity contribution in [2.75, 3.05) is 25.4 Å². The van der Waals surface area contributed by atoms with Crippen molar-refractivity contribution >= 4 is 40.3 Å². The predicted octanol–water partition coefficient (Wildman–Crippen LogP) is 6.05. The summed E-state index contributed by atoms with van der Waals surface area (Å²) in [6.45, 7) is 4.54. The summed E-state index contributed by atoms with van der Waals surface area (Å²) in [6.07, 6.45) is -2.63. The van der Waals surface area contributed by atoms with Gasteiger partial charge in [0.25, 0.3) is 5.91 Å². The molecule has 1 atom stereocenters. The van der Waals surface area contributed by atoms with Gasteiger partial charge in [0, 0.05) is 47.4 Å². The number of unbranched alkanes of at least 4 members (excludes halogenated alkanes) is 1. The fourth-order valence-corrected chi connectivity index (χ4v) is 5.12. The van der Waals surface area contributed by atoms with Gasteiger partial charge in [-0.3, -0.25) is 9.69 Å². The number of rotatable bonds is 13. The highest BCUT2D eigenvalue weighted by atomic mass is 35.5. The van der Waals surface area contributed by atoms with Gasteiger partial charge < -0.3 is 15.0 Å². The third kappa shape index (κ3) is 8.82. The molecule has 1 unspecified atom stereocenters. The zero-order chi connectivity index (χ0) is 26.9. The van der Waals surface area contributed by atoms with Crippen molar-refractivity contribution in [1.29, 1.82) is 0 Å². The first-order chi connectivity index (χ1) is 17.0. The van der Waals surface area contributed by atoms with Gasteiger partial charge in [-0.25, -0.2) is 0 Å². The number of aliphatic hydroxyl groups is 1. The van der Waals surface area contributed by atoms with Crippen molar-refractivity contribution in [3.05, 3.63) is 62.6 Å². The van der Waals surface area contributed by atoms with Crippen LogP contribution in [0.1, 0.15) is 60.2 Å². The number of hydrogen-bond donors (Lipinski definition) is 2. The third-order valence-corrected chi connectivity index (χ3v) is 7.56. The Bertz CT molecular complexity index is 1020. The lowest BCUT2D eigenvalue weighted by Gasteiger charge is -2.25. The maximum atomic E-state index is 14.0. The summed E-state index contributed by atoms with van der Waals surface area (Å²) in [6, 6.07) is 6.81. The monoisotopic (exact) mass is 566 g/mol. The molecular weight excluding hydrogens is 536 g/mol. The molecule has 0 saturated heterocycles. The zero-order valence-corrected chi connectivity index (χ0v) is 22.6. The molecule has 2 aromatic rings. The summed E-state index contributed by atoms with van der Waals surface area (Å²) < 4.78 is 54.3. The minimum atomic E-state index is -4.72. The van der Waals surface area contributed by atoms with Crippen LogP contribution in [0.3, 0.4) is 0 Å². The Morgan fingerprint density at radius 3 is 2.44 bits per heavy atom. The fraction of sp³-hybridized carbons (Fsp3) is 0.480. The van der Waals surface area contributed by atoms with Gasteiger partial charge in [-0.15, -0.1) is 0 Å². The second kappa shape index (κ2) is 14.4. The molecule has 36 heavy (non-hydrogen) atoms. The number of carbonyl (C=O) groups is 1. The maximum absolute atomic E-state index is 14.0. The number of carbonyl (C=O) groups excluding carboxylic acids is 1. The minimum Gasteiger partial charge on any atom is -0.611 e. The zero-order valence-electron chi connectivity index (χ0n) is 20.3. The van der Waals surface area contributed by atoms with E-state index in [0.29, 0.717) is 40.7 Å². The number of nitrogens with zero attached hydrogens (tertiary/aromatic N) is 1. The van der Waals surface area contributed by atoms with Gasteiger partial charge in [0.1, 0.15) is 5.75 Å². The molecule has 1 amide bonds. The molecule has 2 N–H and O–H groups in total. The lowest BCUT2D eigenvalue weighted by Crippen LogP contribution is -2.29. The second-order valence-electron chi connectivity index (χ2n) is 8.26. The van der Waals surface area contributed by atoms with E-state index in [0.717, 1.165) is 18.9 Å². The van der Waals surface area contributed by atoms with Crippen LogP contribution in [-0.4, -0.2) is 45.9 Å². The first kappa shape index (κ1) is 30.7. The van der Waals surface area contributed by atoms with E-state index in [4.69, 9.17) is 28.3 Å². The smallest absolute Gasteiger partial charge is 0.416 e. The van der Waals surface area contributed by atoms with E-state index in [1.165, 1.54) is 6.07 Å². The molecule has 11 heteroatoms. The van der Waals surface area contributed by atoms with Crippen LogP contribution >= 0.6 is 23.2 Å². The van der Waals surface area contributed by atoms with E-state index in [-0.39, 0.29) is 35.8 Å². The molecule has 0 saturated carbocycles. The van der Waals surface area contributed by atoms with Gasteiger partial charge in [0.2, 0.25) is 0 Å². The fourth-order valence-electron chi connectivity index (χ4n) is 3.69. The van der Waals surface area contributed by atoms with Gasteiger partial charge in [0.15, 0.2) is 4.90 Å². The number of halogens is 5. The Hall–Kier alpha value is -1.49. The summed E-state index contributed by atoms with van der Waals surface area (Å²) in [7, 11) is 0. The topological polar surface area (TPSA) is 75.6 Å². The third-order valence-electron chi connectivity index (χ3n) is 5.57. The molecule has 0 heterocycles. The van der Waals surface area contributed by atoms with Crippen LogP contribution in [0.25, 0.3) is 0 Å². The van der Waals surface area contributed by atoms with Gasteiger partial charge >= 0.3 is 6.18 Å². The van der Waals surface area contributed by atoms with Gasteiger partial charge in [-0.05, 0) is 73.4 Å². The van der Waals surface area contributed by atoms with Crippen LogP contribution < -0.4 is 5.32 Å². The van der Waals surface area contributed by atoms with E-state index in [1.807, 2.05) is 11.8 Å². The lowest BCUT2D eigenvalue weighted by molar-refractivity contribution is -0.138. The lowest BCUT2D eigenvalue weighted by atomic mass is 10.0. The number of aliphatic hydroxyl groups excluding tert-OH is 1. The van der Waals surface area contributed by atoms with Gasteiger partial charge in [0.05, 0.1) is 5.56 Å². The number of nitrogens with one attached hydrogen (secondary N) is 1. The number of amides is 1. The second-order valence-corrected chi connectivity index (χ2v) is 10.8. The molecule has 5 nitrogen and oxygen atoms in total. The van der Waals surface area contributed by atoms with Crippen LogP contribution in [0, 0.1) is 0 Å². The molecule has 0 aromatic heterocycles. The van der Waals surface area contributed by atoms with E-state index >= 15 is 0 Å². The summed E-state index contributed by atoms with van der Waals surface area (Å²) in [5.41, 5.74) is -0.789. The number of hydrogen-bond acceptors (Lipinski definition) is 4. The Kier molecular flexibility index (Phi) is 12.3.